The Morgan fingerprint density at radius 2 is 1.48 bits per heavy atom. The number of likely N-dealkylation sites (N-methyl/N-ethyl adjacent to an activating group) is 2. The summed E-state index contributed by atoms with van der Waals surface area (Å²) in [5.41, 5.74) is 3.49. The number of benzene rings is 2. The highest BCUT2D eigenvalue weighted by Gasteiger charge is 2.51. The summed E-state index contributed by atoms with van der Waals surface area (Å²) in [5, 5.41) is 0. The van der Waals surface area contributed by atoms with Crippen LogP contribution in [0.2, 0.25) is 0 Å². The van der Waals surface area contributed by atoms with Gasteiger partial charge in [-0.15, -0.1) is 0 Å². The minimum absolute atomic E-state index is 0.323. The van der Waals surface area contributed by atoms with Crippen LogP contribution in [0.4, 0.5) is 0 Å². The summed E-state index contributed by atoms with van der Waals surface area (Å²) in [7, 11) is 4.43. The number of aromatic nitrogens is 1. The molecule has 1 aliphatic rings. The zero-order valence-electron chi connectivity index (χ0n) is 14.7. The van der Waals surface area contributed by atoms with Gasteiger partial charge in [-0.3, -0.25) is 14.8 Å². The maximum Gasteiger partial charge on any atom is 0.128 e. The highest BCUT2D eigenvalue weighted by atomic mass is 15.5. The lowest BCUT2D eigenvalue weighted by Crippen LogP contribution is -2.49. The Bertz CT molecular complexity index is 778. The molecule has 126 valence electrons. The van der Waals surface area contributed by atoms with Crippen LogP contribution in [-0.4, -0.2) is 35.4 Å². The van der Waals surface area contributed by atoms with Gasteiger partial charge in [-0.2, -0.15) is 0 Å². The summed E-state index contributed by atoms with van der Waals surface area (Å²) in [4.78, 5) is 9.34. The molecule has 3 heteroatoms. The fourth-order valence-corrected chi connectivity index (χ4v) is 4.27. The Balaban J connectivity index is 1.90. The van der Waals surface area contributed by atoms with Gasteiger partial charge in [-0.1, -0.05) is 66.7 Å². The molecule has 2 atom stereocenters. The molecule has 0 aliphatic carbocycles. The normalized spacial score (nSPS) is 24.5. The van der Waals surface area contributed by atoms with Crippen molar-refractivity contribution in [3.8, 4) is 0 Å². The van der Waals surface area contributed by atoms with Crippen LogP contribution in [0.25, 0.3) is 0 Å². The van der Waals surface area contributed by atoms with Crippen molar-refractivity contribution in [1.82, 2.24) is 14.8 Å². The van der Waals surface area contributed by atoms with Gasteiger partial charge in [0.15, 0.2) is 0 Å². The van der Waals surface area contributed by atoms with E-state index in [2.05, 4.69) is 95.6 Å². The first-order chi connectivity index (χ1) is 12.2. The minimum Gasteiger partial charge on any atom is -0.279 e. The molecule has 3 aromatic rings. The molecular formula is C22H23N3. The summed E-state index contributed by atoms with van der Waals surface area (Å²) in [6, 6.07) is 26.0. The van der Waals surface area contributed by atoms with Crippen molar-refractivity contribution < 1.29 is 0 Å². The van der Waals surface area contributed by atoms with Crippen molar-refractivity contribution in [3.05, 3.63) is 102 Å². The van der Waals surface area contributed by atoms with Gasteiger partial charge in [-0.25, -0.2) is 0 Å². The van der Waals surface area contributed by atoms with Gasteiger partial charge in [0.25, 0.3) is 0 Å². The summed E-state index contributed by atoms with van der Waals surface area (Å²) in [6.07, 6.45) is 3.83. The lowest BCUT2D eigenvalue weighted by molar-refractivity contribution is 0.0758. The quantitative estimate of drug-likeness (QED) is 0.726. The monoisotopic (exact) mass is 329 g/mol. The van der Waals surface area contributed by atoms with Crippen molar-refractivity contribution in [2.24, 2.45) is 0 Å². The molecule has 2 aromatic carbocycles. The fourth-order valence-electron chi connectivity index (χ4n) is 4.27. The summed E-state index contributed by atoms with van der Waals surface area (Å²) in [5.74, 6) is 0. The molecule has 0 saturated carbocycles. The largest absolute Gasteiger partial charge is 0.279 e. The van der Waals surface area contributed by atoms with Crippen molar-refractivity contribution in [2.75, 3.05) is 20.6 Å². The van der Waals surface area contributed by atoms with Crippen LogP contribution in [0.5, 0.6) is 0 Å². The second-order valence-electron chi connectivity index (χ2n) is 6.70. The average Bonchev–Trinajstić information content (AvgIpc) is 2.95. The van der Waals surface area contributed by atoms with Crippen LogP contribution in [0.3, 0.4) is 0 Å². The molecule has 0 bridgehead atoms. The molecule has 0 radical (unpaired) electrons. The minimum atomic E-state index is -0.323. The predicted octanol–water partition coefficient (Wildman–Crippen LogP) is 3.90. The predicted molar refractivity (Wildman–Crippen MR) is 101 cm³/mol. The lowest BCUT2D eigenvalue weighted by Gasteiger charge is -2.42. The highest BCUT2D eigenvalue weighted by molar-refractivity contribution is 5.39. The zero-order chi connectivity index (χ0) is 17.3. The molecule has 1 aromatic heterocycles. The van der Waals surface area contributed by atoms with Gasteiger partial charge in [0.1, 0.15) is 5.66 Å². The van der Waals surface area contributed by atoms with E-state index in [1.54, 1.807) is 0 Å². The summed E-state index contributed by atoms with van der Waals surface area (Å²) in [6.45, 7) is 0.963. The van der Waals surface area contributed by atoms with Gasteiger partial charge in [0.2, 0.25) is 0 Å². The van der Waals surface area contributed by atoms with E-state index in [0.717, 1.165) is 6.54 Å². The number of pyridine rings is 1. The Morgan fingerprint density at radius 1 is 0.840 bits per heavy atom. The van der Waals surface area contributed by atoms with E-state index in [-0.39, 0.29) is 5.66 Å². The maximum absolute atomic E-state index is 4.41. The Kier molecular flexibility index (Phi) is 4.12. The van der Waals surface area contributed by atoms with E-state index < -0.39 is 0 Å². The van der Waals surface area contributed by atoms with Crippen LogP contribution in [0, 0.1) is 0 Å². The second-order valence-corrected chi connectivity index (χ2v) is 6.70. The molecule has 2 heterocycles. The van der Waals surface area contributed by atoms with E-state index >= 15 is 0 Å². The van der Waals surface area contributed by atoms with Crippen LogP contribution >= 0.6 is 0 Å². The molecule has 1 fully saturated rings. The van der Waals surface area contributed by atoms with Crippen LogP contribution < -0.4 is 0 Å². The first-order valence-electron chi connectivity index (χ1n) is 8.69. The molecular weight excluding hydrogens is 306 g/mol. The van der Waals surface area contributed by atoms with Crippen molar-refractivity contribution in [3.63, 3.8) is 0 Å². The number of hydrogen-bond donors (Lipinski definition) is 0. The molecule has 1 saturated heterocycles. The van der Waals surface area contributed by atoms with Crippen molar-refractivity contribution >= 4 is 0 Å². The summed E-state index contributed by atoms with van der Waals surface area (Å²) < 4.78 is 0. The van der Waals surface area contributed by atoms with Crippen LogP contribution in [0.1, 0.15) is 22.7 Å². The lowest BCUT2D eigenvalue weighted by atomic mass is 9.90. The molecule has 0 spiro atoms. The van der Waals surface area contributed by atoms with Crippen molar-refractivity contribution in [2.45, 2.75) is 11.7 Å². The van der Waals surface area contributed by atoms with E-state index in [9.17, 15) is 0 Å². The maximum atomic E-state index is 4.41. The smallest absolute Gasteiger partial charge is 0.128 e. The number of hydrogen-bond acceptors (Lipinski definition) is 3. The standard InChI is InChI=1S/C22H23N3/c1-24-17-21(18-10-5-3-6-11-18)25(2)22(24,19-12-7-4-8-13-19)20-14-9-15-23-16-20/h3-16,21H,17H2,1-2H3/t21-,22-/m0/s1. The van der Waals surface area contributed by atoms with Crippen molar-refractivity contribution in [1.29, 1.82) is 0 Å². The van der Waals surface area contributed by atoms with Crippen LogP contribution in [0.15, 0.2) is 85.2 Å². The molecule has 0 N–H and O–H groups in total. The molecule has 25 heavy (non-hydrogen) atoms. The van der Waals surface area contributed by atoms with Gasteiger partial charge in [0, 0.05) is 30.5 Å². The fraction of sp³-hybridized carbons (Fsp3) is 0.227. The van der Waals surface area contributed by atoms with E-state index in [1.807, 2.05) is 18.5 Å². The van der Waals surface area contributed by atoms with Crippen LogP contribution in [-0.2, 0) is 5.66 Å². The Morgan fingerprint density at radius 3 is 2.12 bits per heavy atom. The van der Waals surface area contributed by atoms with Gasteiger partial charge in [-0.05, 0) is 31.3 Å². The Labute approximate surface area is 149 Å². The van der Waals surface area contributed by atoms with Gasteiger partial charge in [0.05, 0.1) is 0 Å². The molecule has 3 nitrogen and oxygen atoms in total. The SMILES string of the molecule is CN1C[C@@H](c2ccccc2)N(C)[C@@]1(c1ccccc1)c1cccnc1. The first kappa shape index (κ1) is 16.0. The second kappa shape index (κ2) is 6.43. The first-order valence-corrected chi connectivity index (χ1v) is 8.69. The van der Waals surface area contributed by atoms with E-state index in [0.29, 0.717) is 6.04 Å². The third kappa shape index (κ3) is 2.48. The highest BCUT2D eigenvalue weighted by Crippen LogP contribution is 2.47. The average molecular weight is 329 g/mol. The number of rotatable bonds is 3. The van der Waals surface area contributed by atoms with Gasteiger partial charge < -0.3 is 0 Å². The van der Waals surface area contributed by atoms with Gasteiger partial charge >= 0.3 is 0 Å². The molecule has 0 amide bonds. The Hall–Kier alpha value is -2.49. The molecule has 1 aliphatic heterocycles. The van der Waals surface area contributed by atoms with E-state index in [4.69, 9.17) is 0 Å². The number of nitrogens with zero attached hydrogens (tertiary/aromatic N) is 3. The summed E-state index contributed by atoms with van der Waals surface area (Å²) >= 11 is 0. The third-order valence-electron chi connectivity index (χ3n) is 5.40. The zero-order valence-corrected chi connectivity index (χ0v) is 14.7. The van der Waals surface area contributed by atoms with E-state index in [1.165, 1.54) is 16.7 Å². The molecule has 0 unspecified atom stereocenters. The molecule has 4 rings (SSSR count). The topological polar surface area (TPSA) is 19.4 Å². The third-order valence-corrected chi connectivity index (χ3v) is 5.40.